The lowest BCUT2D eigenvalue weighted by molar-refractivity contribution is 0.668. The Morgan fingerprint density at radius 2 is 0.947 bits per heavy atom. The molecule has 12 aromatic rings. The van der Waals surface area contributed by atoms with Crippen molar-refractivity contribution < 1.29 is 8.83 Å². The van der Waals surface area contributed by atoms with E-state index in [2.05, 4.69) is 83.4 Å². The first-order valence-electron chi connectivity index (χ1n) is 18.9. The molecule has 12 rings (SSSR count). The monoisotopic (exact) mass is 731 g/mol. The van der Waals surface area contributed by atoms with Crippen LogP contribution >= 0.6 is 0 Å². The molecule has 0 fully saturated rings. The molecule has 0 atom stereocenters. The summed E-state index contributed by atoms with van der Waals surface area (Å²) >= 11 is 0. The van der Waals surface area contributed by atoms with Crippen molar-refractivity contribution in [2.45, 2.75) is 0 Å². The molecular formula is C50H29N5O2. The molecule has 0 N–H and O–H groups in total. The Morgan fingerprint density at radius 3 is 1.70 bits per heavy atom. The van der Waals surface area contributed by atoms with Gasteiger partial charge in [0.05, 0.1) is 16.6 Å². The van der Waals surface area contributed by atoms with E-state index in [4.69, 9.17) is 28.8 Å². The number of fused-ring (bicyclic) bond motifs is 9. The second kappa shape index (κ2) is 12.3. The zero-order chi connectivity index (χ0) is 37.5. The Bertz CT molecular complexity index is 3460. The van der Waals surface area contributed by atoms with Gasteiger partial charge in [-0.05, 0) is 65.7 Å². The number of para-hydroxylation sites is 2. The number of aromatic nitrogens is 5. The van der Waals surface area contributed by atoms with Gasteiger partial charge in [0.2, 0.25) is 0 Å². The third-order valence-electron chi connectivity index (χ3n) is 10.8. The first-order chi connectivity index (χ1) is 28.2. The van der Waals surface area contributed by atoms with Gasteiger partial charge < -0.3 is 13.4 Å². The fraction of sp³-hybridized carbons (Fsp3) is 0. The van der Waals surface area contributed by atoms with Crippen molar-refractivity contribution in [3.8, 4) is 51.0 Å². The summed E-state index contributed by atoms with van der Waals surface area (Å²) in [6.45, 7) is 0. The lowest BCUT2D eigenvalue weighted by Gasteiger charge is -2.09. The van der Waals surface area contributed by atoms with Crippen LogP contribution in [-0.4, -0.2) is 24.5 Å². The highest BCUT2D eigenvalue weighted by molar-refractivity contribution is 6.15. The van der Waals surface area contributed by atoms with Crippen LogP contribution in [0.25, 0.3) is 117 Å². The molecule has 7 nitrogen and oxygen atoms in total. The summed E-state index contributed by atoms with van der Waals surface area (Å²) in [6.07, 6.45) is 0. The number of rotatable bonds is 5. The van der Waals surface area contributed by atoms with Crippen LogP contribution in [0.1, 0.15) is 0 Å². The smallest absolute Gasteiger partial charge is 0.164 e. The van der Waals surface area contributed by atoms with Crippen LogP contribution in [-0.2, 0) is 0 Å². The molecule has 5 heterocycles. The van der Waals surface area contributed by atoms with E-state index >= 15 is 0 Å². The average Bonchev–Trinajstić information content (AvgIpc) is 3.94. The van der Waals surface area contributed by atoms with Crippen LogP contribution in [0.4, 0.5) is 0 Å². The number of benzene rings is 7. The van der Waals surface area contributed by atoms with Crippen LogP contribution < -0.4 is 0 Å². The summed E-state index contributed by atoms with van der Waals surface area (Å²) < 4.78 is 15.1. The molecule has 0 unspecified atom stereocenters. The van der Waals surface area contributed by atoms with Crippen molar-refractivity contribution >= 4 is 65.9 Å². The first kappa shape index (κ1) is 31.5. The van der Waals surface area contributed by atoms with E-state index in [1.54, 1.807) is 0 Å². The number of hydrogen-bond donors (Lipinski definition) is 0. The third-order valence-corrected chi connectivity index (χ3v) is 10.8. The Hall–Kier alpha value is -7.90. The van der Waals surface area contributed by atoms with Crippen molar-refractivity contribution in [2.75, 3.05) is 0 Å². The molecule has 266 valence electrons. The maximum atomic E-state index is 6.49. The van der Waals surface area contributed by atoms with Crippen molar-refractivity contribution in [1.82, 2.24) is 24.5 Å². The highest BCUT2D eigenvalue weighted by Gasteiger charge is 2.21. The van der Waals surface area contributed by atoms with Gasteiger partial charge >= 0.3 is 0 Å². The Balaban J connectivity index is 1.06. The molecule has 0 spiro atoms. The predicted octanol–water partition coefficient (Wildman–Crippen LogP) is 12.8. The highest BCUT2D eigenvalue weighted by Crippen LogP contribution is 2.41. The van der Waals surface area contributed by atoms with E-state index in [0.717, 1.165) is 99.4 Å². The van der Waals surface area contributed by atoms with Gasteiger partial charge in [-0.2, -0.15) is 0 Å². The van der Waals surface area contributed by atoms with Gasteiger partial charge in [-0.15, -0.1) is 0 Å². The van der Waals surface area contributed by atoms with Crippen molar-refractivity contribution in [2.24, 2.45) is 0 Å². The largest absolute Gasteiger partial charge is 0.456 e. The number of hydrogen-bond acceptors (Lipinski definition) is 6. The van der Waals surface area contributed by atoms with Gasteiger partial charge in [0.25, 0.3) is 0 Å². The fourth-order valence-electron chi connectivity index (χ4n) is 8.20. The Morgan fingerprint density at radius 1 is 0.351 bits per heavy atom. The fourth-order valence-corrected chi connectivity index (χ4v) is 8.20. The summed E-state index contributed by atoms with van der Waals surface area (Å²) in [5.74, 6) is 1.81. The van der Waals surface area contributed by atoms with Crippen LogP contribution in [0.15, 0.2) is 185 Å². The van der Waals surface area contributed by atoms with Gasteiger partial charge in [0, 0.05) is 50.0 Å². The van der Waals surface area contributed by atoms with Crippen LogP contribution in [0.3, 0.4) is 0 Å². The molecule has 5 aromatic heterocycles. The van der Waals surface area contributed by atoms with Crippen molar-refractivity contribution in [1.29, 1.82) is 0 Å². The average molecular weight is 732 g/mol. The van der Waals surface area contributed by atoms with Crippen molar-refractivity contribution in [3.63, 3.8) is 0 Å². The molecule has 57 heavy (non-hydrogen) atoms. The van der Waals surface area contributed by atoms with E-state index in [0.29, 0.717) is 17.5 Å². The molecule has 0 aliphatic carbocycles. The Labute approximate surface area is 325 Å². The third kappa shape index (κ3) is 4.99. The maximum Gasteiger partial charge on any atom is 0.164 e. The van der Waals surface area contributed by atoms with Crippen LogP contribution in [0.5, 0.6) is 0 Å². The summed E-state index contributed by atoms with van der Waals surface area (Å²) in [5, 5.41) is 4.00. The van der Waals surface area contributed by atoms with E-state index < -0.39 is 0 Å². The molecule has 0 amide bonds. The molecule has 0 saturated heterocycles. The second-order valence-electron chi connectivity index (χ2n) is 14.2. The molecule has 0 bridgehead atoms. The first-order valence-corrected chi connectivity index (χ1v) is 18.9. The molecule has 0 aliphatic rings. The van der Waals surface area contributed by atoms with E-state index in [1.165, 1.54) is 0 Å². The minimum Gasteiger partial charge on any atom is -0.456 e. The van der Waals surface area contributed by atoms with E-state index in [9.17, 15) is 0 Å². The molecule has 0 saturated carbocycles. The zero-order valence-electron chi connectivity index (χ0n) is 30.3. The minimum absolute atomic E-state index is 0.584. The quantitative estimate of drug-likeness (QED) is 0.175. The molecule has 7 aromatic carbocycles. The van der Waals surface area contributed by atoms with Gasteiger partial charge in [0.15, 0.2) is 23.1 Å². The normalized spacial score (nSPS) is 11.9. The standard InChI is InChI=1S/C50H29N5O2/c1-4-13-30(14-5-1)48-52-49(31-15-6-2-7-16-31)54-50(53-48)36-20-12-22-43-45(36)38-28-33(24-26-42(38)56-43)32-23-25-39-37(27-32)46-40(55(39)34-17-8-3-9-18-34)29-44-47(51-46)35-19-10-11-21-41(35)57-44/h1-29H. The van der Waals surface area contributed by atoms with E-state index in [-0.39, 0.29) is 0 Å². The minimum atomic E-state index is 0.584. The maximum absolute atomic E-state index is 6.49. The van der Waals surface area contributed by atoms with E-state index in [1.807, 2.05) is 97.1 Å². The van der Waals surface area contributed by atoms with Gasteiger partial charge in [-0.3, -0.25) is 0 Å². The van der Waals surface area contributed by atoms with Gasteiger partial charge in [0.1, 0.15) is 22.3 Å². The zero-order valence-corrected chi connectivity index (χ0v) is 30.3. The molecular weight excluding hydrogens is 703 g/mol. The topological polar surface area (TPSA) is 82.8 Å². The van der Waals surface area contributed by atoms with Gasteiger partial charge in [-0.25, -0.2) is 19.9 Å². The number of furan rings is 2. The summed E-state index contributed by atoms with van der Waals surface area (Å²) in [4.78, 5) is 20.4. The second-order valence-corrected chi connectivity index (χ2v) is 14.2. The predicted molar refractivity (Wildman–Crippen MR) is 228 cm³/mol. The van der Waals surface area contributed by atoms with Crippen molar-refractivity contribution in [3.05, 3.63) is 176 Å². The summed E-state index contributed by atoms with van der Waals surface area (Å²) in [6, 6.07) is 59.9. The Kier molecular flexibility index (Phi) is 6.79. The van der Waals surface area contributed by atoms with Crippen LogP contribution in [0, 0.1) is 0 Å². The molecule has 7 heteroatoms. The lowest BCUT2D eigenvalue weighted by Crippen LogP contribution is -2.00. The number of pyridine rings is 1. The summed E-state index contributed by atoms with van der Waals surface area (Å²) in [7, 11) is 0. The summed E-state index contributed by atoms with van der Waals surface area (Å²) in [5.41, 5.74) is 12.9. The SMILES string of the molecule is c1ccc(-c2nc(-c3ccccc3)nc(-c3cccc4oc5ccc(-c6ccc7c(c6)c6nc8c(cc6n7-c6ccccc6)oc6ccccc68)cc5c34)n2)cc1. The highest BCUT2D eigenvalue weighted by atomic mass is 16.3. The molecule has 0 aliphatic heterocycles. The van der Waals surface area contributed by atoms with Crippen LogP contribution in [0.2, 0.25) is 0 Å². The number of nitrogens with zero attached hydrogens (tertiary/aromatic N) is 5. The lowest BCUT2D eigenvalue weighted by atomic mass is 9.99. The van der Waals surface area contributed by atoms with Gasteiger partial charge in [-0.1, -0.05) is 115 Å². The molecule has 0 radical (unpaired) electrons.